The first kappa shape index (κ1) is 15.1. The average Bonchev–Trinajstić information content (AvgIpc) is 2.61. The highest BCUT2D eigenvalue weighted by molar-refractivity contribution is 6.10. The third-order valence-electron chi connectivity index (χ3n) is 3.95. The third kappa shape index (κ3) is 2.90. The standard InChI is InChI=1S/C20H18O3/c1-22-19-10-6-3-7-14(19)13-18(21)16-11-12-20(23-2)17-9-5-4-8-15(16)17/h3-12H,13H2,1-2H3. The summed E-state index contributed by atoms with van der Waals surface area (Å²) >= 11 is 0. The van der Waals surface area contributed by atoms with Gasteiger partial charge in [-0.1, -0.05) is 42.5 Å². The Labute approximate surface area is 135 Å². The predicted molar refractivity (Wildman–Crippen MR) is 91.5 cm³/mol. The second kappa shape index (κ2) is 6.53. The van der Waals surface area contributed by atoms with Crippen molar-refractivity contribution in [3.8, 4) is 11.5 Å². The first-order valence-corrected chi connectivity index (χ1v) is 7.45. The zero-order chi connectivity index (χ0) is 16.2. The molecule has 0 saturated carbocycles. The predicted octanol–water partition coefficient (Wildman–Crippen LogP) is 4.28. The van der Waals surface area contributed by atoms with Crippen molar-refractivity contribution in [2.24, 2.45) is 0 Å². The van der Waals surface area contributed by atoms with Crippen molar-refractivity contribution in [2.75, 3.05) is 14.2 Å². The molecule has 3 aromatic carbocycles. The molecule has 3 nitrogen and oxygen atoms in total. The Bertz CT molecular complexity index is 852. The fourth-order valence-corrected chi connectivity index (χ4v) is 2.81. The maximum absolute atomic E-state index is 12.8. The van der Waals surface area contributed by atoms with Crippen molar-refractivity contribution in [1.82, 2.24) is 0 Å². The van der Waals surface area contributed by atoms with Gasteiger partial charge in [-0.3, -0.25) is 4.79 Å². The van der Waals surface area contributed by atoms with Gasteiger partial charge in [0.15, 0.2) is 5.78 Å². The van der Waals surface area contributed by atoms with Crippen LogP contribution in [0.5, 0.6) is 11.5 Å². The molecule has 0 unspecified atom stereocenters. The van der Waals surface area contributed by atoms with E-state index in [0.717, 1.165) is 27.8 Å². The van der Waals surface area contributed by atoms with Gasteiger partial charge in [0.1, 0.15) is 11.5 Å². The fourth-order valence-electron chi connectivity index (χ4n) is 2.81. The van der Waals surface area contributed by atoms with E-state index < -0.39 is 0 Å². The van der Waals surface area contributed by atoms with Crippen LogP contribution in [0, 0.1) is 0 Å². The normalized spacial score (nSPS) is 10.5. The van der Waals surface area contributed by atoms with E-state index >= 15 is 0 Å². The van der Waals surface area contributed by atoms with Gasteiger partial charge in [0.25, 0.3) is 0 Å². The Kier molecular flexibility index (Phi) is 4.29. The molecule has 0 amide bonds. The van der Waals surface area contributed by atoms with Gasteiger partial charge in [0.2, 0.25) is 0 Å². The number of ketones is 1. The highest BCUT2D eigenvalue weighted by atomic mass is 16.5. The summed E-state index contributed by atoms with van der Waals surface area (Å²) in [4.78, 5) is 12.8. The van der Waals surface area contributed by atoms with E-state index in [2.05, 4.69) is 0 Å². The number of fused-ring (bicyclic) bond motifs is 1. The lowest BCUT2D eigenvalue weighted by molar-refractivity contribution is 0.0993. The number of Topliss-reactive ketones (excluding diaryl/α,β-unsaturated/α-hetero) is 1. The number of carbonyl (C=O) groups is 1. The van der Waals surface area contributed by atoms with Crippen molar-refractivity contribution >= 4 is 16.6 Å². The van der Waals surface area contributed by atoms with Crippen LogP contribution in [0.3, 0.4) is 0 Å². The minimum absolute atomic E-state index is 0.0633. The molecule has 0 aliphatic rings. The van der Waals surface area contributed by atoms with E-state index in [-0.39, 0.29) is 5.78 Å². The minimum Gasteiger partial charge on any atom is -0.496 e. The lowest BCUT2D eigenvalue weighted by Crippen LogP contribution is -2.06. The van der Waals surface area contributed by atoms with Gasteiger partial charge >= 0.3 is 0 Å². The Morgan fingerprint density at radius 2 is 1.43 bits per heavy atom. The Hall–Kier alpha value is -2.81. The summed E-state index contributed by atoms with van der Waals surface area (Å²) in [6.45, 7) is 0. The molecule has 3 rings (SSSR count). The number of hydrogen-bond acceptors (Lipinski definition) is 3. The molecule has 0 aliphatic carbocycles. The van der Waals surface area contributed by atoms with Crippen molar-refractivity contribution < 1.29 is 14.3 Å². The van der Waals surface area contributed by atoms with E-state index in [4.69, 9.17) is 9.47 Å². The molecule has 0 spiro atoms. The first-order chi connectivity index (χ1) is 11.2. The number of ether oxygens (including phenoxy) is 2. The van der Waals surface area contributed by atoms with Crippen LogP contribution in [0.25, 0.3) is 10.8 Å². The van der Waals surface area contributed by atoms with Crippen molar-refractivity contribution in [2.45, 2.75) is 6.42 Å². The van der Waals surface area contributed by atoms with Crippen LogP contribution in [-0.4, -0.2) is 20.0 Å². The molecule has 0 bridgehead atoms. The molecule has 3 heteroatoms. The molecule has 0 aliphatic heterocycles. The van der Waals surface area contributed by atoms with Gasteiger partial charge < -0.3 is 9.47 Å². The second-order valence-electron chi connectivity index (χ2n) is 5.27. The van der Waals surface area contributed by atoms with E-state index in [1.54, 1.807) is 14.2 Å². The van der Waals surface area contributed by atoms with Crippen molar-refractivity contribution in [1.29, 1.82) is 0 Å². The molecular formula is C20H18O3. The van der Waals surface area contributed by atoms with Gasteiger partial charge in [-0.05, 0) is 23.6 Å². The summed E-state index contributed by atoms with van der Waals surface area (Å²) < 4.78 is 10.7. The summed E-state index contributed by atoms with van der Waals surface area (Å²) in [5.41, 5.74) is 1.59. The summed E-state index contributed by atoms with van der Waals surface area (Å²) in [7, 11) is 3.25. The molecule has 0 heterocycles. The molecule has 0 aromatic heterocycles. The third-order valence-corrected chi connectivity index (χ3v) is 3.95. The quantitative estimate of drug-likeness (QED) is 0.660. The summed E-state index contributed by atoms with van der Waals surface area (Å²) in [6, 6.07) is 19.1. The molecule has 0 N–H and O–H groups in total. The highest BCUT2D eigenvalue weighted by Crippen LogP contribution is 2.29. The highest BCUT2D eigenvalue weighted by Gasteiger charge is 2.15. The SMILES string of the molecule is COc1ccccc1CC(=O)c1ccc(OC)c2ccccc12. The number of carbonyl (C=O) groups excluding carboxylic acids is 1. The monoisotopic (exact) mass is 306 g/mol. The van der Waals surface area contributed by atoms with Crippen LogP contribution >= 0.6 is 0 Å². The number of methoxy groups -OCH3 is 2. The van der Waals surface area contributed by atoms with E-state index in [1.165, 1.54) is 0 Å². The largest absolute Gasteiger partial charge is 0.496 e. The van der Waals surface area contributed by atoms with Crippen molar-refractivity contribution in [3.05, 3.63) is 71.8 Å². The average molecular weight is 306 g/mol. The van der Waals surface area contributed by atoms with Crippen LogP contribution in [0.1, 0.15) is 15.9 Å². The smallest absolute Gasteiger partial charge is 0.168 e. The first-order valence-electron chi connectivity index (χ1n) is 7.45. The molecule has 0 saturated heterocycles. The summed E-state index contributed by atoms with van der Waals surface area (Å²) in [5, 5.41) is 1.85. The van der Waals surface area contributed by atoms with Crippen LogP contribution < -0.4 is 9.47 Å². The van der Waals surface area contributed by atoms with Gasteiger partial charge in [-0.25, -0.2) is 0 Å². The molecule has 0 fully saturated rings. The number of hydrogen-bond donors (Lipinski definition) is 0. The van der Waals surface area contributed by atoms with Crippen molar-refractivity contribution in [3.63, 3.8) is 0 Å². The Balaban J connectivity index is 2.02. The lowest BCUT2D eigenvalue weighted by atomic mass is 9.96. The molecule has 0 radical (unpaired) electrons. The molecule has 23 heavy (non-hydrogen) atoms. The molecule has 3 aromatic rings. The maximum atomic E-state index is 12.8. The van der Waals surface area contributed by atoms with E-state index in [0.29, 0.717) is 12.0 Å². The zero-order valence-electron chi connectivity index (χ0n) is 13.2. The van der Waals surface area contributed by atoms with Crippen LogP contribution in [0.2, 0.25) is 0 Å². The van der Waals surface area contributed by atoms with E-state index in [9.17, 15) is 4.79 Å². The van der Waals surface area contributed by atoms with Crippen LogP contribution in [0.4, 0.5) is 0 Å². The Morgan fingerprint density at radius 3 is 2.17 bits per heavy atom. The second-order valence-corrected chi connectivity index (χ2v) is 5.27. The number of para-hydroxylation sites is 1. The van der Waals surface area contributed by atoms with Crippen LogP contribution in [0.15, 0.2) is 60.7 Å². The topological polar surface area (TPSA) is 35.5 Å². The lowest BCUT2D eigenvalue weighted by Gasteiger charge is -2.11. The fraction of sp³-hybridized carbons (Fsp3) is 0.150. The Morgan fingerprint density at radius 1 is 0.783 bits per heavy atom. The minimum atomic E-state index is 0.0633. The molecule has 116 valence electrons. The van der Waals surface area contributed by atoms with Gasteiger partial charge in [0.05, 0.1) is 14.2 Å². The summed E-state index contributed by atoms with van der Waals surface area (Å²) in [6.07, 6.45) is 0.306. The van der Waals surface area contributed by atoms with Gasteiger partial charge in [-0.2, -0.15) is 0 Å². The van der Waals surface area contributed by atoms with E-state index in [1.807, 2.05) is 60.7 Å². The summed E-state index contributed by atoms with van der Waals surface area (Å²) in [5.74, 6) is 1.57. The molecule has 0 atom stereocenters. The number of rotatable bonds is 5. The maximum Gasteiger partial charge on any atom is 0.168 e. The van der Waals surface area contributed by atoms with Crippen LogP contribution in [-0.2, 0) is 6.42 Å². The number of benzene rings is 3. The van der Waals surface area contributed by atoms with Gasteiger partial charge in [-0.15, -0.1) is 0 Å². The molecular weight excluding hydrogens is 288 g/mol. The zero-order valence-corrected chi connectivity index (χ0v) is 13.2. The van der Waals surface area contributed by atoms with Gasteiger partial charge in [0, 0.05) is 22.9 Å².